The van der Waals surface area contributed by atoms with Crippen molar-refractivity contribution in [2.45, 2.75) is 26.2 Å². The summed E-state index contributed by atoms with van der Waals surface area (Å²) in [6.45, 7) is 2.00. The van der Waals surface area contributed by atoms with Crippen molar-refractivity contribution < 1.29 is 9.90 Å². The number of nitriles is 1. The van der Waals surface area contributed by atoms with Crippen LogP contribution >= 0.6 is 0 Å². The van der Waals surface area contributed by atoms with Gasteiger partial charge in [0, 0.05) is 11.0 Å². The molecule has 1 fully saturated rings. The number of hydrogen-bond donors (Lipinski definition) is 1. The first-order valence-electron chi connectivity index (χ1n) is 4.92. The summed E-state index contributed by atoms with van der Waals surface area (Å²) in [6, 6.07) is 2.30. The van der Waals surface area contributed by atoms with E-state index >= 15 is 0 Å². The second-order valence-electron chi connectivity index (χ2n) is 4.56. The van der Waals surface area contributed by atoms with Crippen molar-refractivity contribution in [3.63, 3.8) is 0 Å². The standard InChI is InChI=1S/C11H13NO2/c1-11-3-2-7(4-8(11)6-12)9(5-11)10(13)14/h5,7-8H,2-4H2,1H3,(H,13,14). The highest BCUT2D eigenvalue weighted by Crippen LogP contribution is 2.51. The Labute approximate surface area is 83.0 Å². The molecule has 0 heterocycles. The molecule has 1 N–H and O–H groups in total. The summed E-state index contributed by atoms with van der Waals surface area (Å²) in [5.41, 5.74) is 0.335. The van der Waals surface area contributed by atoms with E-state index in [0.717, 1.165) is 19.3 Å². The van der Waals surface area contributed by atoms with Gasteiger partial charge in [-0.3, -0.25) is 0 Å². The van der Waals surface area contributed by atoms with E-state index in [4.69, 9.17) is 10.4 Å². The molecule has 3 nitrogen and oxygen atoms in total. The second kappa shape index (κ2) is 2.84. The van der Waals surface area contributed by atoms with Gasteiger partial charge in [0.15, 0.2) is 0 Å². The average molecular weight is 191 g/mol. The van der Waals surface area contributed by atoms with Crippen LogP contribution in [-0.2, 0) is 4.79 Å². The molecule has 3 heteroatoms. The van der Waals surface area contributed by atoms with Crippen LogP contribution in [0, 0.1) is 28.6 Å². The lowest BCUT2D eigenvalue weighted by Crippen LogP contribution is -2.39. The second-order valence-corrected chi connectivity index (χ2v) is 4.56. The number of carboxylic acids is 1. The monoisotopic (exact) mass is 191 g/mol. The van der Waals surface area contributed by atoms with Crippen LogP contribution in [0.2, 0.25) is 0 Å². The van der Waals surface area contributed by atoms with Gasteiger partial charge in [-0.1, -0.05) is 13.0 Å². The summed E-state index contributed by atoms with van der Waals surface area (Å²) in [6.07, 6.45) is 4.42. The van der Waals surface area contributed by atoms with E-state index in [1.165, 1.54) is 0 Å². The Balaban J connectivity index is 2.41. The Morgan fingerprint density at radius 1 is 1.79 bits per heavy atom. The van der Waals surface area contributed by atoms with Crippen molar-refractivity contribution in [2.75, 3.05) is 0 Å². The molecule has 0 aromatic carbocycles. The summed E-state index contributed by atoms with van der Waals surface area (Å²) in [4.78, 5) is 10.9. The van der Waals surface area contributed by atoms with Gasteiger partial charge in [-0.05, 0) is 25.2 Å². The lowest BCUT2D eigenvalue weighted by Gasteiger charge is -2.44. The molecule has 0 aromatic rings. The van der Waals surface area contributed by atoms with Gasteiger partial charge in [0.05, 0.1) is 12.0 Å². The SMILES string of the molecule is CC12C=C(C(=O)O)C(CC1)CC2C#N. The summed E-state index contributed by atoms with van der Waals surface area (Å²) in [5.74, 6) is -0.694. The fraction of sp³-hybridized carbons (Fsp3) is 0.636. The first-order chi connectivity index (χ1) is 6.57. The normalized spacial score (nSPS) is 40.1. The minimum absolute atomic E-state index is 0.00403. The van der Waals surface area contributed by atoms with Crippen molar-refractivity contribution in [3.8, 4) is 6.07 Å². The van der Waals surface area contributed by atoms with Crippen LogP contribution in [0.15, 0.2) is 11.6 Å². The van der Waals surface area contributed by atoms with Gasteiger partial charge < -0.3 is 5.11 Å². The highest BCUT2D eigenvalue weighted by atomic mass is 16.4. The van der Waals surface area contributed by atoms with Gasteiger partial charge in [-0.25, -0.2) is 4.79 Å². The van der Waals surface area contributed by atoms with Crippen LogP contribution in [0.4, 0.5) is 0 Å². The fourth-order valence-corrected chi connectivity index (χ4v) is 2.70. The van der Waals surface area contributed by atoms with Crippen molar-refractivity contribution in [3.05, 3.63) is 11.6 Å². The third-order valence-electron chi connectivity index (χ3n) is 3.68. The first kappa shape index (κ1) is 9.26. The summed E-state index contributed by atoms with van der Waals surface area (Å²) >= 11 is 0. The van der Waals surface area contributed by atoms with Gasteiger partial charge in [0.2, 0.25) is 0 Å². The third kappa shape index (κ3) is 1.14. The van der Waals surface area contributed by atoms with E-state index in [-0.39, 0.29) is 17.3 Å². The summed E-state index contributed by atoms with van der Waals surface area (Å²) < 4.78 is 0. The number of hydrogen-bond acceptors (Lipinski definition) is 2. The zero-order valence-corrected chi connectivity index (χ0v) is 8.16. The topological polar surface area (TPSA) is 61.1 Å². The van der Waals surface area contributed by atoms with Crippen molar-refractivity contribution in [1.29, 1.82) is 5.26 Å². The zero-order valence-electron chi connectivity index (χ0n) is 8.16. The molecular formula is C11H13NO2. The Morgan fingerprint density at radius 3 is 3.00 bits per heavy atom. The number of rotatable bonds is 1. The van der Waals surface area contributed by atoms with Crippen LogP contribution in [0.1, 0.15) is 26.2 Å². The van der Waals surface area contributed by atoms with Crippen LogP contribution in [0.25, 0.3) is 0 Å². The smallest absolute Gasteiger partial charge is 0.331 e. The molecule has 3 atom stereocenters. The molecule has 3 rings (SSSR count). The number of aliphatic carboxylic acids is 1. The number of carboxylic acid groups (broad SMARTS) is 1. The van der Waals surface area contributed by atoms with Gasteiger partial charge in [-0.2, -0.15) is 5.26 Å². The molecule has 0 aromatic heterocycles. The predicted octanol–water partition coefficient (Wildman–Crippen LogP) is 1.96. The molecule has 1 saturated carbocycles. The molecule has 74 valence electrons. The molecule has 3 aliphatic carbocycles. The van der Waals surface area contributed by atoms with Crippen LogP contribution in [-0.4, -0.2) is 11.1 Å². The predicted molar refractivity (Wildman–Crippen MR) is 50.3 cm³/mol. The highest BCUT2D eigenvalue weighted by molar-refractivity contribution is 5.87. The van der Waals surface area contributed by atoms with Gasteiger partial charge in [-0.15, -0.1) is 0 Å². The van der Waals surface area contributed by atoms with Gasteiger partial charge in [0.25, 0.3) is 0 Å². The molecule has 0 amide bonds. The molecule has 3 aliphatic rings. The van der Waals surface area contributed by atoms with E-state index in [9.17, 15) is 4.79 Å². The maximum absolute atomic E-state index is 10.9. The quantitative estimate of drug-likeness (QED) is 0.689. The lowest BCUT2D eigenvalue weighted by molar-refractivity contribution is -0.134. The zero-order chi connectivity index (χ0) is 10.3. The Hall–Kier alpha value is -1.30. The van der Waals surface area contributed by atoms with E-state index in [1.807, 2.05) is 13.0 Å². The number of nitrogens with zero attached hydrogens (tertiary/aromatic N) is 1. The average Bonchev–Trinajstić information content (AvgIpc) is 2.16. The van der Waals surface area contributed by atoms with E-state index in [2.05, 4.69) is 6.07 Å². The lowest BCUT2D eigenvalue weighted by atomic mass is 9.58. The molecule has 2 bridgehead atoms. The molecule has 0 saturated heterocycles. The highest BCUT2D eigenvalue weighted by Gasteiger charge is 2.46. The van der Waals surface area contributed by atoms with E-state index in [0.29, 0.717) is 5.57 Å². The largest absolute Gasteiger partial charge is 0.478 e. The Morgan fingerprint density at radius 2 is 2.50 bits per heavy atom. The Kier molecular flexibility index (Phi) is 1.88. The summed E-state index contributed by atoms with van der Waals surface area (Å²) in [5, 5.41) is 18.0. The van der Waals surface area contributed by atoms with Crippen LogP contribution < -0.4 is 0 Å². The van der Waals surface area contributed by atoms with Gasteiger partial charge in [0.1, 0.15) is 0 Å². The molecule has 0 radical (unpaired) electrons. The minimum Gasteiger partial charge on any atom is -0.478 e. The maximum atomic E-state index is 10.9. The number of fused-ring (bicyclic) bond motifs is 2. The van der Waals surface area contributed by atoms with Gasteiger partial charge >= 0.3 is 5.97 Å². The molecule has 14 heavy (non-hydrogen) atoms. The maximum Gasteiger partial charge on any atom is 0.331 e. The fourth-order valence-electron chi connectivity index (χ4n) is 2.70. The van der Waals surface area contributed by atoms with Crippen molar-refractivity contribution in [1.82, 2.24) is 0 Å². The van der Waals surface area contributed by atoms with Crippen molar-refractivity contribution >= 4 is 5.97 Å². The molecule has 0 aliphatic heterocycles. The Bertz CT molecular complexity index is 353. The first-order valence-corrected chi connectivity index (χ1v) is 4.92. The molecular weight excluding hydrogens is 178 g/mol. The summed E-state index contributed by atoms with van der Waals surface area (Å²) in [7, 11) is 0. The number of allylic oxidation sites excluding steroid dienone is 1. The van der Waals surface area contributed by atoms with Crippen molar-refractivity contribution in [2.24, 2.45) is 17.3 Å². The van der Waals surface area contributed by atoms with E-state index < -0.39 is 5.97 Å². The van der Waals surface area contributed by atoms with Crippen LogP contribution in [0.3, 0.4) is 0 Å². The minimum atomic E-state index is -0.808. The molecule has 0 spiro atoms. The molecule has 3 unspecified atom stereocenters. The van der Waals surface area contributed by atoms with E-state index in [1.54, 1.807) is 0 Å². The van der Waals surface area contributed by atoms with Crippen LogP contribution in [0.5, 0.6) is 0 Å². The third-order valence-corrected chi connectivity index (χ3v) is 3.68. The number of carbonyl (C=O) groups is 1.